The summed E-state index contributed by atoms with van der Waals surface area (Å²) in [5, 5.41) is 11.6. The molecule has 116 valence electrons. The predicted octanol–water partition coefficient (Wildman–Crippen LogP) is 2.80. The van der Waals surface area contributed by atoms with Crippen LogP contribution in [0.3, 0.4) is 0 Å². The molecule has 0 unspecified atom stereocenters. The van der Waals surface area contributed by atoms with Crippen LogP contribution in [0.1, 0.15) is 44.7 Å². The summed E-state index contributed by atoms with van der Waals surface area (Å²) >= 11 is 0. The molecule has 1 aromatic carbocycles. The smallest absolute Gasteiger partial charge is 0.326 e. The average molecular weight is 291 g/mol. The van der Waals surface area contributed by atoms with E-state index in [1.165, 1.54) is 5.56 Å². The molecule has 0 bridgehead atoms. The maximum Gasteiger partial charge on any atom is 0.326 e. The van der Waals surface area contributed by atoms with E-state index in [-0.39, 0.29) is 18.2 Å². The van der Waals surface area contributed by atoms with E-state index in [1.807, 2.05) is 24.3 Å². The van der Waals surface area contributed by atoms with E-state index >= 15 is 0 Å². The van der Waals surface area contributed by atoms with Gasteiger partial charge in [-0.25, -0.2) is 4.79 Å². The molecule has 0 radical (unpaired) electrons. The van der Waals surface area contributed by atoms with Crippen molar-refractivity contribution in [3.05, 3.63) is 35.4 Å². The first kappa shape index (κ1) is 17.2. The Morgan fingerprint density at radius 2 is 1.71 bits per heavy atom. The number of aliphatic carboxylic acids is 1. The largest absolute Gasteiger partial charge is 0.480 e. The van der Waals surface area contributed by atoms with Gasteiger partial charge in [-0.15, -0.1) is 0 Å². The molecule has 1 amide bonds. The maximum atomic E-state index is 11.9. The Labute approximate surface area is 126 Å². The molecule has 0 spiro atoms. The molecule has 0 aliphatic carbocycles. The van der Waals surface area contributed by atoms with Crippen molar-refractivity contribution in [2.75, 3.05) is 0 Å². The van der Waals surface area contributed by atoms with Gasteiger partial charge in [0, 0.05) is 0 Å². The number of hydrogen-bond donors (Lipinski definition) is 2. The van der Waals surface area contributed by atoms with Gasteiger partial charge in [0.2, 0.25) is 5.91 Å². The molecule has 1 aromatic rings. The first-order valence-electron chi connectivity index (χ1n) is 7.54. The second-order valence-corrected chi connectivity index (χ2v) is 5.72. The molecule has 0 aliphatic heterocycles. The van der Waals surface area contributed by atoms with Crippen molar-refractivity contribution in [1.82, 2.24) is 5.32 Å². The number of unbranched alkanes of at least 4 members (excludes halogenated alkanes) is 1. The van der Waals surface area contributed by atoms with Crippen LogP contribution < -0.4 is 5.32 Å². The molecule has 1 atom stereocenters. The van der Waals surface area contributed by atoms with E-state index in [0.29, 0.717) is 0 Å². The molecule has 21 heavy (non-hydrogen) atoms. The van der Waals surface area contributed by atoms with Gasteiger partial charge in [-0.2, -0.15) is 0 Å². The summed E-state index contributed by atoms with van der Waals surface area (Å²) < 4.78 is 0. The third-order valence-corrected chi connectivity index (χ3v) is 3.46. The first-order chi connectivity index (χ1) is 9.93. The Hall–Kier alpha value is -1.84. The number of carboxylic acid groups (broad SMARTS) is 1. The highest BCUT2D eigenvalue weighted by Crippen LogP contribution is 2.09. The van der Waals surface area contributed by atoms with Crippen LogP contribution >= 0.6 is 0 Å². The number of carbonyl (C=O) groups excluding carboxylic acids is 1. The van der Waals surface area contributed by atoms with Crippen LogP contribution in [0.25, 0.3) is 0 Å². The standard InChI is InChI=1S/C17H25NO3/c1-4-5-6-13-7-9-14(10-8-13)11-15(19)18-16(12(2)3)17(20)21/h7-10,12,16H,4-6,11H2,1-3H3,(H,18,19)(H,20,21)/t16-/m1/s1. The van der Waals surface area contributed by atoms with E-state index in [1.54, 1.807) is 13.8 Å². The summed E-state index contributed by atoms with van der Waals surface area (Å²) in [6, 6.07) is 7.12. The third kappa shape index (κ3) is 5.98. The van der Waals surface area contributed by atoms with Gasteiger partial charge in [0.05, 0.1) is 6.42 Å². The van der Waals surface area contributed by atoms with Gasteiger partial charge < -0.3 is 10.4 Å². The Bertz CT molecular complexity index is 465. The minimum absolute atomic E-state index is 0.136. The second-order valence-electron chi connectivity index (χ2n) is 5.72. The van der Waals surface area contributed by atoms with Crippen molar-refractivity contribution < 1.29 is 14.7 Å². The Kier molecular flexibility index (Phi) is 6.92. The number of amides is 1. The minimum Gasteiger partial charge on any atom is -0.480 e. The molecule has 0 saturated carbocycles. The summed E-state index contributed by atoms with van der Waals surface area (Å²) in [7, 11) is 0. The van der Waals surface area contributed by atoms with Crippen LogP contribution in [0.15, 0.2) is 24.3 Å². The number of benzene rings is 1. The molecular formula is C17H25NO3. The summed E-state index contributed by atoms with van der Waals surface area (Å²) in [5.41, 5.74) is 2.17. The molecule has 2 N–H and O–H groups in total. The van der Waals surface area contributed by atoms with Crippen LogP contribution in [0.5, 0.6) is 0 Å². The second kappa shape index (κ2) is 8.45. The van der Waals surface area contributed by atoms with Crippen LogP contribution in [0.4, 0.5) is 0 Å². The Balaban J connectivity index is 2.56. The van der Waals surface area contributed by atoms with Crippen molar-refractivity contribution in [2.24, 2.45) is 5.92 Å². The fourth-order valence-electron chi connectivity index (χ4n) is 2.13. The molecule has 0 aliphatic rings. The molecule has 0 aromatic heterocycles. The monoisotopic (exact) mass is 291 g/mol. The molecule has 4 nitrogen and oxygen atoms in total. The van der Waals surface area contributed by atoms with Crippen molar-refractivity contribution >= 4 is 11.9 Å². The van der Waals surface area contributed by atoms with E-state index in [4.69, 9.17) is 5.11 Å². The van der Waals surface area contributed by atoms with Gasteiger partial charge >= 0.3 is 5.97 Å². The molecule has 1 rings (SSSR count). The van der Waals surface area contributed by atoms with Gasteiger partial charge in [0.15, 0.2) is 0 Å². The zero-order valence-electron chi connectivity index (χ0n) is 13.1. The van der Waals surface area contributed by atoms with Gasteiger partial charge in [0.1, 0.15) is 6.04 Å². The first-order valence-corrected chi connectivity index (χ1v) is 7.54. The zero-order valence-corrected chi connectivity index (χ0v) is 13.1. The van der Waals surface area contributed by atoms with Gasteiger partial charge in [0.25, 0.3) is 0 Å². The lowest BCUT2D eigenvalue weighted by molar-refractivity contribution is -0.143. The van der Waals surface area contributed by atoms with Crippen LogP contribution in [-0.4, -0.2) is 23.0 Å². The fourth-order valence-corrected chi connectivity index (χ4v) is 2.13. The number of rotatable bonds is 8. The maximum absolute atomic E-state index is 11.9. The van der Waals surface area contributed by atoms with E-state index < -0.39 is 12.0 Å². The number of carbonyl (C=O) groups is 2. The molecule has 0 saturated heterocycles. The normalized spacial score (nSPS) is 12.2. The summed E-state index contributed by atoms with van der Waals surface area (Å²) in [5.74, 6) is -1.38. The lowest BCUT2D eigenvalue weighted by Gasteiger charge is -2.17. The predicted molar refractivity (Wildman–Crippen MR) is 83.2 cm³/mol. The third-order valence-electron chi connectivity index (χ3n) is 3.46. The van der Waals surface area contributed by atoms with Crippen LogP contribution in [-0.2, 0) is 22.4 Å². The molecular weight excluding hydrogens is 266 g/mol. The summed E-state index contributed by atoms with van der Waals surface area (Å²) in [6.45, 7) is 5.72. The lowest BCUT2D eigenvalue weighted by atomic mass is 10.0. The molecule has 0 fully saturated rings. The number of carboxylic acids is 1. The summed E-state index contributed by atoms with van der Waals surface area (Å²) in [6.07, 6.45) is 3.59. The van der Waals surface area contributed by atoms with Crippen LogP contribution in [0, 0.1) is 5.92 Å². The molecule has 4 heteroatoms. The Morgan fingerprint density at radius 1 is 1.14 bits per heavy atom. The van der Waals surface area contributed by atoms with Gasteiger partial charge in [-0.1, -0.05) is 51.5 Å². The SMILES string of the molecule is CCCCc1ccc(CC(=O)N[C@@H](C(=O)O)C(C)C)cc1. The highest BCUT2D eigenvalue weighted by atomic mass is 16.4. The van der Waals surface area contributed by atoms with Crippen molar-refractivity contribution in [2.45, 2.75) is 52.5 Å². The van der Waals surface area contributed by atoms with Gasteiger partial charge in [-0.3, -0.25) is 4.79 Å². The fraction of sp³-hybridized carbons (Fsp3) is 0.529. The highest BCUT2D eigenvalue weighted by Gasteiger charge is 2.23. The number of aryl methyl sites for hydroxylation is 1. The van der Waals surface area contributed by atoms with E-state index in [9.17, 15) is 9.59 Å². The van der Waals surface area contributed by atoms with Crippen molar-refractivity contribution in [3.63, 3.8) is 0 Å². The number of nitrogens with one attached hydrogen (secondary N) is 1. The Morgan fingerprint density at radius 3 is 2.19 bits per heavy atom. The molecule has 0 heterocycles. The zero-order chi connectivity index (χ0) is 15.8. The van der Waals surface area contributed by atoms with E-state index in [0.717, 1.165) is 24.8 Å². The number of hydrogen-bond acceptors (Lipinski definition) is 2. The highest BCUT2D eigenvalue weighted by molar-refractivity contribution is 5.85. The van der Waals surface area contributed by atoms with Crippen molar-refractivity contribution in [3.8, 4) is 0 Å². The van der Waals surface area contributed by atoms with E-state index in [2.05, 4.69) is 12.2 Å². The summed E-state index contributed by atoms with van der Waals surface area (Å²) in [4.78, 5) is 23.0. The average Bonchev–Trinajstić information content (AvgIpc) is 2.43. The lowest BCUT2D eigenvalue weighted by Crippen LogP contribution is -2.44. The quantitative estimate of drug-likeness (QED) is 0.774. The van der Waals surface area contributed by atoms with Gasteiger partial charge in [-0.05, 0) is 29.9 Å². The minimum atomic E-state index is -0.992. The topological polar surface area (TPSA) is 66.4 Å². The van der Waals surface area contributed by atoms with Crippen LogP contribution in [0.2, 0.25) is 0 Å². The van der Waals surface area contributed by atoms with Crippen molar-refractivity contribution in [1.29, 1.82) is 0 Å².